The van der Waals surface area contributed by atoms with E-state index in [4.69, 9.17) is 0 Å². The van der Waals surface area contributed by atoms with Gasteiger partial charge >= 0.3 is 5.69 Å². The quantitative estimate of drug-likeness (QED) is 0.473. The molecule has 4 aromatic rings. The number of hydrogen-bond acceptors (Lipinski definition) is 4. The smallest absolute Gasteiger partial charge is 0.332 e. The Labute approximate surface area is 191 Å². The van der Waals surface area contributed by atoms with Gasteiger partial charge in [0.2, 0.25) is 5.91 Å². The summed E-state index contributed by atoms with van der Waals surface area (Å²) < 4.78 is 4.13. The molecule has 0 radical (unpaired) electrons. The minimum atomic E-state index is -0.671. The second kappa shape index (κ2) is 8.90. The van der Waals surface area contributed by atoms with Crippen LogP contribution >= 0.6 is 0 Å². The fourth-order valence-corrected chi connectivity index (χ4v) is 4.17. The highest BCUT2D eigenvalue weighted by Gasteiger charge is 2.30. The fourth-order valence-electron chi connectivity index (χ4n) is 4.17. The maximum Gasteiger partial charge on any atom is 0.332 e. The zero-order valence-corrected chi connectivity index (χ0v) is 19.0. The fraction of sp³-hybridized carbons (Fsp3) is 0.280. The van der Waals surface area contributed by atoms with Gasteiger partial charge in [0.15, 0.2) is 11.2 Å². The van der Waals surface area contributed by atoms with E-state index in [1.807, 2.05) is 67.6 Å². The highest BCUT2D eigenvalue weighted by Crippen LogP contribution is 2.29. The third kappa shape index (κ3) is 4.11. The number of amides is 1. The number of imidazole rings is 1. The number of carbonyl (C=O) groups excluding carboxylic acids is 1. The van der Waals surface area contributed by atoms with Gasteiger partial charge in [-0.05, 0) is 24.5 Å². The molecule has 0 spiro atoms. The van der Waals surface area contributed by atoms with Gasteiger partial charge in [-0.25, -0.2) is 9.78 Å². The van der Waals surface area contributed by atoms with E-state index in [1.165, 1.54) is 11.6 Å². The van der Waals surface area contributed by atoms with Gasteiger partial charge in [-0.1, -0.05) is 60.7 Å². The number of rotatable bonds is 7. The Morgan fingerprint density at radius 3 is 2.09 bits per heavy atom. The molecule has 0 fully saturated rings. The molecule has 1 amide bonds. The van der Waals surface area contributed by atoms with Gasteiger partial charge in [-0.2, -0.15) is 0 Å². The number of fused-ring (bicyclic) bond motifs is 1. The Balaban J connectivity index is 1.51. The molecule has 8 nitrogen and oxygen atoms in total. The number of hydrogen-bond donors (Lipinski definition) is 1. The Morgan fingerprint density at radius 1 is 0.939 bits per heavy atom. The minimum Gasteiger partial charge on any atom is -0.343 e. The Bertz CT molecular complexity index is 1360. The van der Waals surface area contributed by atoms with Crippen LogP contribution in [0, 0.1) is 0 Å². The highest BCUT2D eigenvalue weighted by molar-refractivity contribution is 5.78. The first kappa shape index (κ1) is 22.3. The summed E-state index contributed by atoms with van der Waals surface area (Å²) in [5, 5.41) is 3.21. The van der Waals surface area contributed by atoms with Gasteiger partial charge in [0.05, 0.1) is 11.9 Å². The number of nitrogens with one attached hydrogen (secondary N) is 1. The summed E-state index contributed by atoms with van der Waals surface area (Å²) in [7, 11) is 3.03. The molecule has 0 unspecified atom stereocenters. The van der Waals surface area contributed by atoms with Crippen LogP contribution in [-0.4, -0.2) is 24.6 Å². The second-order valence-electron chi connectivity index (χ2n) is 8.32. The van der Waals surface area contributed by atoms with Crippen LogP contribution in [0.15, 0.2) is 76.6 Å². The largest absolute Gasteiger partial charge is 0.343 e. The van der Waals surface area contributed by atoms with E-state index in [1.54, 1.807) is 17.9 Å². The average Bonchev–Trinajstić information content (AvgIpc) is 3.26. The zero-order chi connectivity index (χ0) is 23.6. The van der Waals surface area contributed by atoms with Crippen molar-refractivity contribution in [3.63, 3.8) is 0 Å². The molecular formula is C25H27N5O3. The van der Waals surface area contributed by atoms with E-state index >= 15 is 0 Å². The Hall–Kier alpha value is -3.94. The number of aryl methyl sites for hydroxylation is 2. The zero-order valence-electron chi connectivity index (χ0n) is 19.0. The summed E-state index contributed by atoms with van der Waals surface area (Å²) in [6.07, 6.45) is 2.34. The SMILES string of the molecule is Cn1c(=O)c2c(ncn2CCCC(=O)NC(C)(c2ccccc2)c2ccccc2)n(C)c1=O. The van der Waals surface area contributed by atoms with Crippen LogP contribution in [-0.2, 0) is 31.0 Å². The lowest BCUT2D eigenvalue weighted by Gasteiger charge is -2.32. The molecule has 0 atom stereocenters. The summed E-state index contributed by atoms with van der Waals surface area (Å²) >= 11 is 0. The van der Waals surface area contributed by atoms with Crippen molar-refractivity contribution in [1.29, 1.82) is 0 Å². The third-order valence-corrected chi connectivity index (χ3v) is 6.11. The van der Waals surface area contributed by atoms with Crippen LogP contribution in [0.5, 0.6) is 0 Å². The second-order valence-corrected chi connectivity index (χ2v) is 8.32. The molecule has 1 N–H and O–H groups in total. The lowest BCUT2D eigenvalue weighted by atomic mass is 9.84. The van der Waals surface area contributed by atoms with Crippen LogP contribution in [0.25, 0.3) is 11.2 Å². The summed E-state index contributed by atoms with van der Waals surface area (Å²) in [5.74, 6) is -0.0880. The van der Waals surface area contributed by atoms with Crippen molar-refractivity contribution in [3.05, 3.63) is 99.0 Å². The van der Waals surface area contributed by atoms with Gasteiger partial charge in [0.25, 0.3) is 5.56 Å². The molecule has 0 saturated carbocycles. The molecule has 0 bridgehead atoms. The molecule has 170 valence electrons. The van der Waals surface area contributed by atoms with Crippen molar-refractivity contribution in [2.24, 2.45) is 14.1 Å². The molecule has 33 heavy (non-hydrogen) atoms. The Kier molecular flexibility index (Phi) is 6.00. The molecular weight excluding hydrogens is 418 g/mol. The van der Waals surface area contributed by atoms with E-state index in [0.29, 0.717) is 24.1 Å². The van der Waals surface area contributed by atoms with Gasteiger partial charge in [0.1, 0.15) is 0 Å². The van der Waals surface area contributed by atoms with Gasteiger partial charge in [-0.15, -0.1) is 0 Å². The standard InChI is InChI=1S/C25H27N5O3/c1-25(18-11-6-4-7-12-18,19-13-8-5-9-14-19)27-20(31)15-10-16-30-17-26-22-21(30)23(32)29(3)24(33)28(22)2/h4-9,11-14,17H,10,15-16H2,1-3H3,(H,27,31). The summed E-state index contributed by atoms with van der Waals surface area (Å²) in [6, 6.07) is 19.8. The number of benzene rings is 2. The minimum absolute atomic E-state index is 0.0880. The maximum atomic E-state index is 13.0. The Morgan fingerprint density at radius 2 is 1.52 bits per heavy atom. The predicted molar refractivity (Wildman–Crippen MR) is 127 cm³/mol. The average molecular weight is 446 g/mol. The number of aromatic nitrogens is 4. The molecule has 0 aliphatic carbocycles. The van der Waals surface area contributed by atoms with Crippen molar-refractivity contribution in [3.8, 4) is 0 Å². The number of carbonyl (C=O) groups is 1. The van der Waals surface area contributed by atoms with E-state index in [9.17, 15) is 14.4 Å². The van der Waals surface area contributed by atoms with E-state index in [2.05, 4.69) is 10.3 Å². The van der Waals surface area contributed by atoms with Crippen molar-refractivity contribution >= 4 is 17.1 Å². The topological polar surface area (TPSA) is 90.9 Å². The van der Waals surface area contributed by atoms with Crippen LogP contribution in [0.1, 0.15) is 30.9 Å². The first-order chi connectivity index (χ1) is 15.8. The monoisotopic (exact) mass is 445 g/mol. The molecule has 0 aliphatic rings. The first-order valence-electron chi connectivity index (χ1n) is 10.9. The highest BCUT2D eigenvalue weighted by atomic mass is 16.2. The lowest BCUT2D eigenvalue weighted by molar-refractivity contribution is -0.122. The van der Waals surface area contributed by atoms with Crippen LogP contribution in [0.2, 0.25) is 0 Å². The van der Waals surface area contributed by atoms with E-state index in [-0.39, 0.29) is 12.3 Å². The van der Waals surface area contributed by atoms with E-state index < -0.39 is 16.8 Å². The first-order valence-corrected chi connectivity index (χ1v) is 10.9. The van der Waals surface area contributed by atoms with Crippen LogP contribution in [0.3, 0.4) is 0 Å². The number of nitrogens with zero attached hydrogens (tertiary/aromatic N) is 4. The molecule has 8 heteroatoms. The third-order valence-electron chi connectivity index (χ3n) is 6.11. The molecule has 0 aliphatic heterocycles. The molecule has 4 rings (SSSR count). The van der Waals surface area contributed by atoms with Crippen molar-refractivity contribution in [2.75, 3.05) is 0 Å². The van der Waals surface area contributed by atoms with Crippen LogP contribution in [0.4, 0.5) is 0 Å². The van der Waals surface area contributed by atoms with Crippen molar-refractivity contribution < 1.29 is 4.79 Å². The molecule has 0 saturated heterocycles. The molecule has 2 aromatic carbocycles. The van der Waals surface area contributed by atoms with E-state index in [0.717, 1.165) is 15.7 Å². The van der Waals surface area contributed by atoms with Crippen LogP contribution < -0.4 is 16.6 Å². The predicted octanol–water partition coefficient (Wildman–Crippen LogP) is 2.29. The summed E-state index contributed by atoms with van der Waals surface area (Å²) in [6.45, 7) is 2.44. The van der Waals surface area contributed by atoms with Crippen molar-refractivity contribution in [1.82, 2.24) is 24.0 Å². The van der Waals surface area contributed by atoms with Gasteiger partial charge < -0.3 is 9.88 Å². The molecule has 2 heterocycles. The van der Waals surface area contributed by atoms with Crippen molar-refractivity contribution in [2.45, 2.75) is 31.8 Å². The van der Waals surface area contributed by atoms with Gasteiger partial charge in [-0.3, -0.25) is 18.7 Å². The molecule has 2 aromatic heterocycles. The van der Waals surface area contributed by atoms with Gasteiger partial charge in [0, 0.05) is 27.1 Å². The normalized spacial score (nSPS) is 11.6. The lowest BCUT2D eigenvalue weighted by Crippen LogP contribution is -2.44. The summed E-state index contributed by atoms with van der Waals surface area (Å²) in [5.41, 5.74) is 1.21. The summed E-state index contributed by atoms with van der Waals surface area (Å²) in [4.78, 5) is 41.9. The maximum absolute atomic E-state index is 13.0.